The van der Waals surface area contributed by atoms with Crippen LogP contribution in [0.5, 0.6) is 0 Å². The van der Waals surface area contributed by atoms with Crippen LogP contribution in [0.25, 0.3) is 0 Å². The predicted molar refractivity (Wildman–Crippen MR) is 229 cm³/mol. The maximum absolute atomic E-state index is 12.6. The first-order chi connectivity index (χ1) is 26.4. The van der Waals surface area contributed by atoms with E-state index in [4.69, 9.17) is 24.3 Å². The first-order valence-electron chi connectivity index (χ1n) is 22.5. The molecule has 0 aliphatic heterocycles. The number of hydrogen-bond donors (Lipinski definition) is 2. The number of hydrogen-bond acceptors (Lipinski definition) is 7. The van der Waals surface area contributed by atoms with Crippen LogP contribution in [0.15, 0.2) is 36.5 Å². The third-order valence-corrected chi connectivity index (χ3v) is 10.5. The summed E-state index contributed by atoms with van der Waals surface area (Å²) in [4.78, 5) is 22.5. The van der Waals surface area contributed by atoms with Crippen molar-refractivity contribution in [1.82, 2.24) is 0 Å². The van der Waals surface area contributed by atoms with Gasteiger partial charge >= 0.3 is 13.8 Å². The van der Waals surface area contributed by atoms with E-state index >= 15 is 0 Å². The Kier molecular flexibility index (Phi) is 41.8. The molecule has 0 rings (SSSR count). The minimum absolute atomic E-state index is 0.0968. The molecule has 0 aliphatic carbocycles. The molecule has 0 bridgehead atoms. The summed E-state index contributed by atoms with van der Waals surface area (Å²) in [6.45, 7) is 4.88. The van der Waals surface area contributed by atoms with Crippen LogP contribution in [0.3, 0.4) is 0 Å². The molecule has 0 heterocycles. The Labute approximate surface area is 333 Å². The van der Waals surface area contributed by atoms with Crippen molar-refractivity contribution in [3.63, 3.8) is 0 Å². The molecule has 0 saturated heterocycles. The summed E-state index contributed by atoms with van der Waals surface area (Å²) in [7, 11) is -4.28. The van der Waals surface area contributed by atoms with Gasteiger partial charge in [0.15, 0.2) is 0 Å². The second-order valence-corrected chi connectivity index (χ2v) is 16.4. The van der Waals surface area contributed by atoms with E-state index in [-0.39, 0.29) is 32.3 Å². The second kappa shape index (κ2) is 42.9. The molecule has 3 N–H and O–H groups in total. The van der Waals surface area contributed by atoms with Gasteiger partial charge in [-0.25, -0.2) is 4.57 Å². The smallest absolute Gasteiger partial charge is 0.457 e. The highest BCUT2D eigenvalue weighted by molar-refractivity contribution is 7.47. The van der Waals surface area contributed by atoms with Gasteiger partial charge in [-0.3, -0.25) is 13.8 Å². The fourth-order valence-electron chi connectivity index (χ4n) is 6.18. The van der Waals surface area contributed by atoms with Gasteiger partial charge in [-0.15, -0.1) is 0 Å². The van der Waals surface area contributed by atoms with E-state index < -0.39 is 13.9 Å². The number of unbranched alkanes of at least 4 members (excludes halogenated alkanes) is 24. The van der Waals surface area contributed by atoms with Crippen molar-refractivity contribution in [3.8, 4) is 0 Å². The van der Waals surface area contributed by atoms with Crippen molar-refractivity contribution in [3.05, 3.63) is 36.5 Å². The minimum atomic E-state index is -4.28. The lowest BCUT2D eigenvalue weighted by Gasteiger charge is -2.20. The monoisotopic (exact) mass is 784 g/mol. The molecule has 0 radical (unpaired) electrons. The molecular weight excluding hydrogens is 697 g/mol. The molecule has 0 aromatic rings. The number of nitrogens with two attached hydrogens (primary N) is 1. The maximum Gasteiger partial charge on any atom is 0.472 e. The van der Waals surface area contributed by atoms with E-state index in [1.54, 1.807) is 0 Å². The third-order valence-electron chi connectivity index (χ3n) is 9.53. The molecule has 0 aromatic heterocycles. The number of esters is 1. The highest BCUT2D eigenvalue weighted by Gasteiger charge is 2.25. The van der Waals surface area contributed by atoms with Gasteiger partial charge in [0.05, 0.1) is 19.8 Å². The van der Waals surface area contributed by atoms with Crippen LogP contribution in [-0.4, -0.2) is 49.9 Å². The molecule has 0 aromatic carbocycles. The van der Waals surface area contributed by atoms with Crippen LogP contribution in [0.2, 0.25) is 0 Å². The Morgan fingerprint density at radius 3 is 1.52 bits per heavy atom. The zero-order valence-corrected chi connectivity index (χ0v) is 36.1. The molecule has 0 aliphatic rings. The van der Waals surface area contributed by atoms with E-state index in [1.807, 2.05) is 0 Å². The van der Waals surface area contributed by atoms with E-state index in [9.17, 15) is 14.3 Å². The first kappa shape index (κ1) is 52.7. The number of carbonyl (C=O) groups excluding carboxylic acids is 1. The number of carbonyl (C=O) groups is 1. The normalized spacial score (nSPS) is 13.8. The Bertz CT molecular complexity index is 926. The van der Waals surface area contributed by atoms with Gasteiger partial charge < -0.3 is 20.1 Å². The molecule has 8 nitrogen and oxygen atoms in total. The highest BCUT2D eigenvalue weighted by Crippen LogP contribution is 2.43. The molecule has 0 fully saturated rings. The molecule has 9 heteroatoms. The largest absolute Gasteiger partial charge is 0.472 e. The zero-order chi connectivity index (χ0) is 39.5. The van der Waals surface area contributed by atoms with Gasteiger partial charge in [-0.2, -0.15) is 0 Å². The van der Waals surface area contributed by atoms with Crippen molar-refractivity contribution < 1.29 is 32.8 Å². The standard InChI is InChI=1S/C45H86NO7P/c1-3-5-7-9-11-13-15-17-18-19-20-21-22-23-24-25-26-27-28-30-32-34-36-38-45(47)53-44(43-52-54(48,49)51-41-39-46)42-50-40-37-35-33-31-29-16-14-12-10-8-6-4-2/h10,12,15,17,19-20,44H,3-9,11,13-14,16,18,21-43,46H2,1-2H3,(H,48,49)/b12-10-,17-15-,20-19-. The third kappa shape index (κ3) is 41.9. The summed E-state index contributed by atoms with van der Waals surface area (Å²) in [5.74, 6) is -0.334. The Morgan fingerprint density at radius 1 is 0.556 bits per heavy atom. The van der Waals surface area contributed by atoms with Crippen molar-refractivity contribution >= 4 is 13.8 Å². The number of phosphoric ester groups is 1. The van der Waals surface area contributed by atoms with Gasteiger partial charge in [-0.1, -0.05) is 172 Å². The molecule has 2 atom stereocenters. The van der Waals surface area contributed by atoms with Crippen LogP contribution in [0.1, 0.15) is 206 Å². The highest BCUT2D eigenvalue weighted by atomic mass is 31.2. The Morgan fingerprint density at radius 2 is 1.00 bits per heavy atom. The first-order valence-corrected chi connectivity index (χ1v) is 24.0. The fraction of sp³-hybridized carbons (Fsp3) is 0.844. The van der Waals surface area contributed by atoms with E-state index in [1.165, 1.54) is 148 Å². The lowest BCUT2D eigenvalue weighted by atomic mass is 10.0. The predicted octanol–water partition coefficient (Wildman–Crippen LogP) is 13.4. The van der Waals surface area contributed by atoms with Crippen molar-refractivity contribution in [2.45, 2.75) is 213 Å². The van der Waals surface area contributed by atoms with Crippen molar-refractivity contribution in [2.24, 2.45) is 5.73 Å². The summed E-state index contributed by atoms with van der Waals surface area (Å²) in [6.07, 6.45) is 48.8. The lowest BCUT2D eigenvalue weighted by molar-refractivity contribution is -0.154. The lowest BCUT2D eigenvalue weighted by Crippen LogP contribution is -2.28. The summed E-state index contributed by atoms with van der Waals surface area (Å²) < 4.78 is 33.4. The van der Waals surface area contributed by atoms with Gasteiger partial charge in [0.1, 0.15) is 6.10 Å². The van der Waals surface area contributed by atoms with Crippen molar-refractivity contribution in [1.29, 1.82) is 0 Å². The average Bonchev–Trinajstić information content (AvgIpc) is 3.16. The summed E-state index contributed by atoms with van der Waals surface area (Å²) in [5.41, 5.74) is 5.37. The fourth-order valence-corrected chi connectivity index (χ4v) is 6.95. The Balaban J connectivity index is 3.95. The number of phosphoric acid groups is 1. The minimum Gasteiger partial charge on any atom is -0.457 e. The summed E-state index contributed by atoms with van der Waals surface area (Å²) >= 11 is 0. The SMILES string of the molecule is CCCC/C=C\CCCCCCCCOCC(COP(=O)(O)OCCN)OC(=O)CCCCCCCCCCCCC/C=C\C/C=C\CCCCCCC. The quantitative estimate of drug-likeness (QED) is 0.0272. The molecule has 0 spiro atoms. The molecule has 0 amide bonds. The molecule has 54 heavy (non-hydrogen) atoms. The van der Waals surface area contributed by atoms with E-state index in [2.05, 4.69) is 50.3 Å². The second-order valence-electron chi connectivity index (χ2n) is 14.9. The van der Waals surface area contributed by atoms with E-state index in [0.29, 0.717) is 13.0 Å². The van der Waals surface area contributed by atoms with Gasteiger partial charge in [0.25, 0.3) is 0 Å². The topological polar surface area (TPSA) is 117 Å². The van der Waals surface area contributed by atoms with Crippen LogP contribution in [-0.2, 0) is 27.9 Å². The van der Waals surface area contributed by atoms with Gasteiger partial charge in [0.2, 0.25) is 0 Å². The average molecular weight is 784 g/mol. The van der Waals surface area contributed by atoms with E-state index in [0.717, 1.165) is 38.5 Å². The Hall–Kier alpha value is -1.28. The van der Waals surface area contributed by atoms with Gasteiger partial charge in [0, 0.05) is 19.6 Å². The maximum atomic E-state index is 12.6. The molecule has 2 unspecified atom stereocenters. The molecule has 318 valence electrons. The molecular formula is C45H86NO7P. The summed E-state index contributed by atoms with van der Waals surface area (Å²) in [5, 5.41) is 0. The van der Waals surface area contributed by atoms with Crippen molar-refractivity contribution in [2.75, 3.05) is 33.0 Å². The number of rotatable bonds is 43. The van der Waals surface area contributed by atoms with Crippen LogP contribution < -0.4 is 5.73 Å². The zero-order valence-electron chi connectivity index (χ0n) is 35.2. The number of ether oxygens (including phenoxy) is 2. The van der Waals surface area contributed by atoms with Crippen LogP contribution >= 0.6 is 7.82 Å². The molecule has 0 saturated carbocycles. The number of allylic oxidation sites excluding steroid dienone is 6. The van der Waals surface area contributed by atoms with Crippen LogP contribution in [0.4, 0.5) is 0 Å². The summed E-state index contributed by atoms with van der Waals surface area (Å²) in [6, 6.07) is 0. The van der Waals surface area contributed by atoms with Crippen LogP contribution in [0, 0.1) is 0 Å². The van der Waals surface area contributed by atoms with Gasteiger partial charge in [-0.05, 0) is 64.2 Å².